The van der Waals surface area contributed by atoms with Gasteiger partial charge in [0.25, 0.3) is 5.91 Å². The van der Waals surface area contributed by atoms with Gasteiger partial charge < -0.3 is 15.2 Å². The van der Waals surface area contributed by atoms with Crippen LogP contribution in [0.2, 0.25) is 0 Å². The Morgan fingerprint density at radius 1 is 1.12 bits per heavy atom. The Kier molecular flexibility index (Phi) is 4.46. The quantitative estimate of drug-likeness (QED) is 0.850. The van der Waals surface area contributed by atoms with Gasteiger partial charge in [-0.25, -0.2) is 4.79 Å². The number of amides is 1. The maximum atomic E-state index is 12.5. The fraction of sp³-hybridized carbons (Fsp3) is 0.278. The van der Waals surface area contributed by atoms with Gasteiger partial charge in [0.05, 0.1) is 5.54 Å². The van der Waals surface area contributed by atoms with Gasteiger partial charge in [-0.15, -0.1) is 0 Å². The van der Waals surface area contributed by atoms with E-state index in [9.17, 15) is 9.59 Å². The van der Waals surface area contributed by atoms with Crippen LogP contribution < -0.4 is 10.1 Å². The Morgan fingerprint density at radius 3 is 2.33 bits per heavy atom. The molecule has 0 saturated heterocycles. The van der Waals surface area contributed by atoms with Crippen molar-refractivity contribution in [2.75, 3.05) is 6.61 Å². The number of carboxylic acids is 1. The number of carbonyl (C=O) groups is 2. The lowest BCUT2D eigenvalue weighted by Crippen LogP contribution is -2.50. The van der Waals surface area contributed by atoms with Crippen molar-refractivity contribution < 1.29 is 19.4 Å². The van der Waals surface area contributed by atoms with E-state index < -0.39 is 12.6 Å². The Labute approximate surface area is 139 Å². The first-order valence-corrected chi connectivity index (χ1v) is 7.77. The van der Waals surface area contributed by atoms with Crippen molar-refractivity contribution in [3.63, 3.8) is 0 Å². The van der Waals surface area contributed by atoms with Gasteiger partial charge in [0.1, 0.15) is 5.75 Å². The molecular weight excluding hydrogens is 308 g/mol. The topological polar surface area (TPSA) is 88.5 Å². The summed E-state index contributed by atoms with van der Waals surface area (Å²) in [7, 11) is 0. The van der Waals surface area contributed by atoms with E-state index in [1.165, 1.54) is 0 Å². The number of carbonyl (C=O) groups excluding carboxylic acids is 1. The van der Waals surface area contributed by atoms with Crippen LogP contribution in [0.4, 0.5) is 0 Å². The van der Waals surface area contributed by atoms with Gasteiger partial charge in [0.15, 0.2) is 6.61 Å². The molecule has 24 heavy (non-hydrogen) atoms. The van der Waals surface area contributed by atoms with Crippen molar-refractivity contribution in [3.05, 3.63) is 59.9 Å². The standard InChI is InChI=1S/C18H18N2O4/c21-16(22)12-24-15-4-2-13(3-5-15)17(23)20-18(8-1-9-18)14-6-10-19-11-7-14/h2-7,10-11H,1,8-9,12H2,(H,20,23)(H,21,22). The zero-order valence-electron chi connectivity index (χ0n) is 13.1. The third kappa shape index (κ3) is 3.37. The molecule has 1 saturated carbocycles. The maximum Gasteiger partial charge on any atom is 0.341 e. The molecule has 6 nitrogen and oxygen atoms in total. The monoisotopic (exact) mass is 326 g/mol. The first-order valence-electron chi connectivity index (χ1n) is 7.77. The third-order valence-electron chi connectivity index (χ3n) is 4.27. The Balaban J connectivity index is 1.69. The minimum absolute atomic E-state index is 0.156. The number of carboxylic acid groups (broad SMARTS) is 1. The third-order valence-corrected chi connectivity index (χ3v) is 4.27. The second kappa shape index (κ2) is 6.70. The SMILES string of the molecule is O=C(O)COc1ccc(C(=O)NC2(c3ccncc3)CCC2)cc1. The van der Waals surface area contributed by atoms with Crippen LogP contribution in [0, 0.1) is 0 Å². The number of pyridine rings is 1. The molecule has 0 spiro atoms. The number of hydrogen-bond acceptors (Lipinski definition) is 4. The first-order chi connectivity index (χ1) is 11.6. The predicted molar refractivity (Wildman–Crippen MR) is 86.8 cm³/mol. The van der Waals surface area contributed by atoms with Crippen LogP contribution in [0.5, 0.6) is 5.75 Å². The van der Waals surface area contributed by atoms with Gasteiger partial charge in [-0.2, -0.15) is 0 Å². The summed E-state index contributed by atoms with van der Waals surface area (Å²) in [5.41, 5.74) is 1.26. The predicted octanol–water partition coefficient (Wildman–Crippen LogP) is 2.35. The molecule has 1 amide bonds. The minimum Gasteiger partial charge on any atom is -0.482 e. The van der Waals surface area contributed by atoms with Crippen molar-refractivity contribution in [1.29, 1.82) is 0 Å². The van der Waals surface area contributed by atoms with E-state index in [-0.39, 0.29) is 11.4 Å². The second-order valence-corrected chi connectivity index (χ2v) is 5.83. The smallest absolute Gasteiger partial charge is 0.341 e. The highest BCUT2D eigenvalue weighted by molar-refractivity contribution is 5.95. The van der Waals surface area contributed by atoms with E-state index in [0.717, 1.165) is 24.8 Å². The molecule has 2 N–H and O–H groups in total. The number of nitrogens with zero attached hydrogens (tertiary/aromatic N) is 1. The van der Waals surface area contributed by atoms with Crippen LogP contribution >= 0.6 is 0 Å². The molecular formula is C18H18N2O4. The molecule has 0 atom stereocenters. The lowest BCUT2D eigenvalue weighted by Gasteiger charge is -2.43. The highest BCUT2D eigenvalue weighted by Gasteiger charge is 2.40. The molecule has 1 heterocycles. The summed E-state index contributed by atoms with van der Waals surface area (Å²) in [5.74, 6) is -0.779. The molecule has 1 aliphatic carbocycles. The fourth-order valence-corrected chi connectivity index (χ4v) is 2.82. The lowest BCUT2D eigenvalue weighted by atomic mass is 9.72. The number of benzene rings is 1. The molecule has 1 aliphatic rings. The summed E-state index contributed by atoms with van der Waals surface area (Å²) >= 11 is 0. The number of rotatable bonds is 6. The van der Waals surface area contributed by atoms with Gasteiger partial charge in [-0.3, -0.25) is 9.78 Å². The van der Waals surface area contributed by atoms with E-state index >= 15 is 0 Å². The highest BCUT2D eigenvalue weighted by atomic mass is 16.5. The zero-order valence-corrected chi connectivity index (χ0v) is 13.1. The van der Waals surface area contributed by atoms with Gasteiger partial charge in [0.2, 0.25) is 0 Å². The van der Waals surface area contributed by atoms with Crippen LogP contribution in [-0.4, -0.2) is 28.6 Å². The van der Waals surface area contributed by atoms with Crippen LogP contribution in [-0.2, 0) is 10.3 Å². The number of aliphatic carboxylic acids is 1. The van der Waals surface area contributed by atoms with Crippen LogP contribution in [0.3, 0.4) is 0 Å². The molecule has 124 valence electrons. The minimum atomic E-state index is -1.04. The van der Waals surface area contributed by atoms with Crippen molar-refractivity contribution in [2.45, 2.75) is 24.8 Å². The number of aromatic nitrogens is 1. The van der Waals surface area contributed by atoms with Crippen LogP contribution in [0.1, 0.15) is 35.2 Å². The molecule has 2 aromatic rings. The van der Waals surface area contributed by atoms with Crippen molar-refractivity contribution in [3.8, 4) is 5.75 Å². The van der Waals surface area contributed by atoms with Crippen molar-refractivity contribution in [1.82, 2.24) is 10.3 Å². The summed E-state index contributed by atoms with van der Waals surface area (Å²) in [6, 6.07) is 10.3. The molecule has 0 radical (unpaired) electrons. The summed E-state index contributed by atoms with van der Waals surface area (Å²) < 4.78 is 5.07. The van der Waals surface area contributed by atoms with Crippen LogP contribution in [0.15, 0.2) is 48.8 Å². The van der Waals surface area contributed by atoms with Gasteiger partial charge in [0, 0.05) is 18.0 Å². The molecule has 0 aliphatic heterocycles. The molecule has 3 rings (SSSR count). The summed E-state index contributed by atoms with van der Waals surface area (Å²) in [4.78, 5) is 27.1. The molecule has 0 unspecified atom stereocenters. The van der Waals surface area contributed by atoms with Crippen molar-refractivity contribution >= 4 is 11.9 Å². The number of ether oxygens (including phenoxy) is 1. The molecule has 0 bridgehead atoms. The van der Waals surface area contributed by atoms with Gasteiger partial charge in [-0.1, -0.05) is 0 Å². The van der Waals surface area contributed by atoms with E-state index in [2.05, 4.69) is 10.3 Å². The lowest BCUT2D eigenvalue weighted by molar-refractivity contribution is -0.139. The second-order valence-electron chi connectivity index (χ2n) is 5.83. The fourth-order valence-electron chi connectivity index (χ4n) is 2.82. The van der Waals surface area contributed by atoms with E-state index in [1.54, 1.807) is 36.7 Å². The Hall–Kier alpha value is -2.89. The average molecular weight is 326 g/mol. The highest BCUT2D eigenvalue weighted by Crippen LogP contribution is 2.41. The maximum absolute atomic E-state index is 12.5. The normalized spacial score (nSPS) is 15.2. The Bertz CT molecular complexity index is 724. The Morgan fingerprint density at radius 2 is 1.79 bits per heavy atom. The first kappa shape index (κ1) is 16.0. The molecule has 1 aromatic carbocycles. The zero-order chi connectivity index (χ0) is 17.0. The number of hydrogen-bond donors (Lipinski definition) is 2. The largest absolute Gasteiger partial charge is 0.482 e. The summed E-state index contributed by atoms with van der Waals surface area (Å²) in [6.07, 6.45) is 6.35. The van der Waals surface area contributed by atoms with Crippen molar-refractivity contribution in [2.24, 2.45) is 0 Å². The summed E-state index contributed by atoms with van der Waals surface area (Å²) in [6.45, 7) is -0.406. The van der Waals surface area contributed by atoms with E-state index in [4.69, 9.17) is 9.84 Å². The van der Waals surface area contributed by atoms with Crippen LogP contribution in [0.25, 0.3) is 0 Å². The van der Waals surface area contributed by atoms with Gasteiger partial charge >= 0.3 is 5.97 Å². The summed E-state index contributed by atoms with van der Waals surface area (Å²) in [5, 5.41) is 11.7. The number of nitrogens with one attached hydrogen (secondary N) is 1. The molecule has 6 heteroatoms. The average Bonchev–Trinajstić information content (AvgIpc) is 2.57. The molecule has 1 aromatic heterocycles. The van der Waals surface area contributed by atoms with E-state index in [0.29, 0.717) is 11.3 Å². The van der Waals surface area contributed by atoms with E-state index in [1.807, 2.05) is 12.1 Å². The van der Waals surface area contributed by atoms with Gasteiger partial charge in [-0.05, 0) is 61.2 Å². The molecule has 1 fully saturated rings.